The number of nitrogens with zero attached hydrogens (tertiary/aromatic N) is 4. The van der Waals surface area contributed by atoms with Gasteiger partial charge in [-0.1, -0.05) is 22.0 Å². The van der Waals surface area contributed by atoms with Crippen LogP contribution in [-0.4, -0.2) is 46.3 Å². The van der Waals surface area contributed by atoms with Crippen LogP contribution in [0.4, 0.5) is 0 Å². The summed E-state index contributed by atoms with van der Waals surface area (Å²) in [6.07, 6.45) is 7.80. The van der Waals surface area contributed by atoms with Crippen molar-refractivity contribution >= 4 is 27.7 Å². The number of aromatic nitrogens is 1. The normalized spacial score (nSPS) is 24.0. The van der Waals surface area contributed by atoms with Gasteiger partial charge in [0.1, 0.15) is 11.7 Å². The summed E-state index contributed by atoms with van der Waals surface area (Å²) < 4.78 is 1.07. The van der Waals surface area contributed by atoms with Crippen molar-refractivity contribution < 1.29 is 4.79 Å². The van der Waals surface area contributed by atoms with E-state index < -0.39 is 0 Å². The number of hydrogen-bond acceptors (Lipinski definition) is 5. The number of carbonyl (C=O) groups is 1. The molecule has 2 N–H and O–H groups in total. The average Bonchev–Trinajstić information content (AvgIpc) is 3.08. The fourth-order valence-corrected chi connectivity index (χ4v) is 4.05. The molecule has 1 unspecified atom stereocenters. The van der Waals surface area contributed by atoms with Crippen LogP contribution in [0.5, 0.6) is 0 Å². The summed E-state index contributed by atoms with van der Waals surface area (Å²) in [5, 5.41) is 5.53. The van der Waals surface area contributed by atoms with Gasteiger partial charge in [0.25, 0.3) is 0 Å². The molecule has 0 bridgehead atoms. The first-order chi connectivity index (χ1) is 13.1. The van der Waals surface area contributed by atoms with Crippen LogP contribution in [0.1, 0.15) is 25.3 Å². The molecule has 0 radical (unpaired) electrons. The Morgan fingerprint density at radius 3 is 3.15 bits per heavy atom. The molecule has 4 rings (SSSR count). The lowest BCUT2D eigenvalue weighted by molar-refractivity contribution is -0.130. The van der Waals surface area contributed by atoms with Crippen LogP contribution >= 0.6 is 15.9 Å². The first kappa shape index (κ1) is 18.2. The van der Waals surface area contributed by atoms with E-state index in [1.807, 2.05) is 28.2 Å². The Balaban J connectivity index is 1.61. The predicted molar refractivity (Wildman–Crippen MR) is 107 cm³/mol. The lowest BCUT2D eigenvalue weighted by Crippen LogP contribution is -2.47. The standard InChI is InChI=1S/C19H23BrN6O/c1-13(27)25-7-3-5-15(12-25)17-8-18(22-10-14-4-2-6-21-9-14)26-19(24-17)16(20)11-23-26/h2,4,6,8-9,15,23-24H,3,5,7,10-12H2,1H3. The van der Waals surface area contributed by atoms with Crippen molar-refractivity contribution in [2.75, 3.05) is 19.6 Å². The van der Waals surface area contributed by atoms with Crippen molar-refractivity contribution in [3.8, 4) is 0 Å². The van der Waals surface area contributed by atoms with E-state index in [4.69, 9.17) is 4.99 Å². The number of likely N-dealkylation sites (tertiary alicyclic amines) is 1. The molecule has 1 fully saturated rings. The monoisotopic (exact) mass is 430 g/mol. The molecule has 3 aliphatic rings. The van der Waals surface area contributed by atoms with E-state index in [0.29, 0.717) is 12.5 Å². The Bertz CT molecular complexity index is 819. The summed E-state index contributed by atoms with van der Waals surface area (Å²) in [7, 11) is 0. The van der Waals surface area contributed by atoms with E-state index in [1.54, 1.807) is 13.1 Å². The molecule has 8 heteroatoms. The van der Waals surface area contributed by atoms with Gasteiger partial charge in [-0.05, 0) is 24.5 Å². The summed E-state index contributed by atoms with van der Waals surface area (Å²) >= 11 is 3.65. The van der Waals surface area contributed by atoms with Gasteiger partial charge < -0.3 is 10.2 Å². The summed E-state index contributed by atoms with van der Waals surface area (Å²) in [5.74, 6) is 2.29. The van der Waals surface area contributed by atoms with Gasteiger partial charge in [-0.3, -0.25) is 14.8 Å². The van der Waals surface area contributed by atoms with Gasteiger partial charge in [0, 0.05) is 50.1 Å². The van der Waals surface area contributed by atoms with E-state index >= 15 is 0 Å². The topological polar surface area (TPSA) is 72.9 Å². The SMILES string of the molecule is CC(=O)N1CCCC(C2=CC(=NCc3cccnc3)N3NCC(Br)=C3N2)C1. The molecule has 1 aromatic heterocycles. The Morgan fingerprint density at radius 1 is 1.48 bits per heavy atom. The molecule has 0 aliphatic carbocycles. The third kappa shape index (κ3) is 3.91. The maximum Gasteiger partial charge on any atom is 0.219 e. The highest BCUT2D eigenvalue weighted by Crippen LogP contribution is 2.29. The highest BCUT2D eigenvalue weighted by atomic mass is 79.9. The van der Waals surface area contributed by atoms with Gasteiger partial charge in [0.15, 0.2) is 0 Å². The number of fused-ring (bicyclic) bond motifs is 1. The number of hydrogen-bond donors (Lipinski definition) is 2. The van der Waals surface area contributed by atoms with Gasteiger partial charge in [0.2, 0.25) is 5.91 Å². The molecule has 1 aromatic rings. The number of amidine groups is 1. The molecule has 0 spiro atoms. The maximum atomic E-state index is 11.8. The molecule has 4 heterocycles. The Hall–Kier alpha value is -2.19. The van der Waals surface area contributed by atoms with Crippen LogP contribution in [0.25, 0.3) is 0 Å². The third-order valence-corrected chi connectivity index (χ3v) is 5.76. The molecule has 27 heavy (non-hydrogen) atoms. The number of piperidine rings is 1. The molecule has 0 saturated carbocycles. The molecule has 7 nitrogen and oxygen atoms in total. The Labute approximate surface area is 167 Å². The number of nitrogens with one attached hydrogen (secondary N) is 2. The summed E-state index contributed by atoms with van der Waals surface area (Å²) in [5.41, 5.74) is 5.53. The fourth-order valence-electron chi connectivity index (χ4n) is 3.65. The number of aliphatic imine (C=N–C) groups is 1. The summed E-state index contributed by atoms with van der Waals surface area (Å²) in [6.45, 7) is 4.54. The zero-order chi connectivity index (χ0) is 18.8. The molecule has 1 saturated heterocycles. The van der Waals surface area contributed by atoms with Crippen LogP contribution < -0.4 is 10.7 Å². The van der Waals surface area contributed by atoms with Crippen molar-refractivity contribution in [3.63, 3.8) is 0 Å². The molecule has 1 amide bonds. The zero-order valence-electron chi connectivity index (χ0n) is 15.3. The molecule has 0 aromatic carbocycles. The zero-order valence-corrected chi connectivity index (χ0v) is 16.9. The van der Waals surface area contributed by atoms with Gasteiger partial charge in [0.05, 0.1) is 17.6 Å². The molecule has 142 valence electrons. The minimum Gasteiger partial charge on any atom is -0.343 e. The van der Waals surface area contributed by atoms with Crippen LogP contribution in [0, 0.1) is 5.92 Å². The molecule has 3 aliphatic heterocycles. The van der Waals surface area contributed by atoms with Crippen molar-refractivity contribution in [2.24, 2.45) is 10.9 Å². The maximum absolute atomic E-state index is 11.8. The van der Waals surface area contributed by atoms with Crippen LogP contribution in [0.2, 0.25) is 0 Å². The Kier molecular flexibility index (Phi) is 5.27. The molecular formula is C19H23BrN6O. The second-order valence-corrected chi connectivity index (χ2v) is 7.95. The van der Waals surface area contributed by atoms with E-state index in [1.165, 1.54) is 0 Å². The lowest BCUT2D eigenvalue weighted by Gasteiger charge is -2.37. The van der Waals surface area contributed by atoms with Crippen LogP contribution in [-0.2, 0) is 11.3 Å². The van der Waals surface area contributed by atoms with Crippen molar-refractivity contribution in [3.05, 3.63) is 52.2 Å². The fraction of sp³-hybridized carbons (Fsp3) is 0.421. The van der Waals surface area contributed by atoms with Gasteiger partial charge in [-0.2, -0.15) is 0 Å². The van der Waals surface area contributed by atoms with Crippen LogP contribution in [0.3, 0.4) is 0 Å². The number of amides is 1. The van der Waals surface area contributed by atoms with E-state index in [2.05, 4.69) is 37.7 Å². The summed E-state index contributed by atoms with van der Waals surface area (Å²) in [6, 6.07) is 3.95. The predicted octanol–water partition coefficient (Wildman–Crippen LogP) is 2.11. The second kappa shape index (κ2) is 7.82. The highest BCUT2D eigenvalue weighted by molar-refractivity contribution is 9.11. The minimum atomic E-state index is 0.145. The van der Waals surface area contributed by atoms with Gasteiger partial charge in [-0.15, -0.1) is 0 Å². The third-order valence-electron chi connectivity index (χ3n) is 5.10. The van der Waals surface area contributed by atoms with Gasteiger partial charge in [-0.25, -0.2) is 10.4 Å². The number of rotatable bonds is 3. The molecule has 1 atom stereocenters. The van der Waals surface area contributed by atoms with Gasteiger partial charge >= 0.3 is 0 Å². The number of carbonyl (C=O) groups excluding carboxylic acids is 1. The van der Waals surface area contributed by atoms with Crippen molar-refractivity contribution in [1.29, 1.82) is 0 Å². The largest absolute Gasteiger partial charge is 0.343 e. The second-order valence-electron chi connectivity index (χ2n) is 6.99. The summed E-state index contributed by atoms with van der Waals surface area (Å²) in [4.78, 5) is 22.7. The number of hydrazine groups is 1. The first-order valence-electron chi connectivity index (χ1n) is 9.21. The van der Waals surface area contributed by atoms with Crippen molar-refractivity contribution in [2.45, 2.75) is 26.3 Å². The quantitative estimate of drug-likeness (QED) is 0.767. The number of pyridine rings is 1. The van der Waals surface area contributed by atoms with E-state index in [0.717, 1.165) is 59.9 Å². The minimum absolute atomic E-state index is 0.145. The van der Waals surface area contributed by atoms with Crippen LogP contribution in [0.15, 0.2) is 51.6 Å². The highest BCUT2D eigenvalue weighted by Gasteiger charge is 2.33. The van der Waals surface area contributed by atoms with Crippen molar-refractivity contribution in [1.82, 2.24) is 25.6 Å². The van der Waals surface area contributed by atoms with E-state index in [-0.39, 0.29) is 5.91 Å². The van der Waals surface area contributed by atoms with E-state index in [9.17, 15) is 4.79 Å². The average molecular weight is 431 g/mol. The number of halogens is 1. The lowest BCUT2D eigenvalue weighted by atomic mass is 9.93. The Morgan fingerprint density at radius 2 is 2.37 bits per heavy atom. The first-order valence-corrected chi connectivity index (χ1v) is 10.0. The smallest absolute Gasteiger partial charge is 0.219 e. The molecular weight excluding hydrogens is 408 g/mol.